The lowest BCUT2D eigenvalue weighted by Crippen LogP contribution is -2.24. The Bertz CT molecular complexity index is 924. The Morgan fingerprint density at radius 2 is 1.43 bits per heavy atom. The molecule has 0 spiro atoms. The van der Waals surface area contributed by atoms with E-state index in [4.69, 9.17) is 18.9 Å². The summed E-state index contributed by atoms with van der Waals surface area (Å²) in [4.78, 5) is 27.0. The van der Waals surface area contributed by atoms with Crippen molar-refractivity contribution in [2.24, 2.45) is 0 Å². The van der Waals surface area contributed by atoms with E-state index in [1.807, 2.05) is 13.8 Å². The highest BCUT2D eigenvalue weighted by Crippen LogP contribution is 2.35. The third kappa shape index (κ3) is 5.14. The van der Waals surface area contributed by atoms with Gasteiger partial charge in [-0.3, -0.25) is 9.59 Å². The normalized spacial score (nSPS) is 10.4. The van der Waals surface area contributed by atoms with Crippen LogP contribution in [-0.2, 0) is 0 Å². The van der Waals surface area contributed by atoms with Gasteiger partial charge in [0.15, 0.2) is 23.0 Å². The van der Waals surface area contributed by atoms with E-state index >= 15 is 0 Å². The van der Waals surface area contributed by atoms with Gasteiger partial charge in [-0.15, -0.1) is 0 Å². The van der Waals surface area contributed by atoms with E-state index in [-0.39, 0.29) is 17.6 Å². The van der Waals surface area contributed by atoms with Crippen LogP contribution in [0.2, 0.25) is 0 Å². The highest BCUT2D eigenvalue weighted by Gasteiger charge is 2.21. The van der Waals surface area contributed by atoms with E-state index in [9.17, 15) is 9.59 Å². The van der Waals surface area contributed by atoms with E-state index in [2.05, 4.69) is 5.32 Å². The Labute approximate surface area is 176 Å². The van der Waals surface area contributed by atoms with Crippen LogP contribution in [-0.4, -0.2) is 58.2 Å². The van der Waals surface area contributed by atoms with Crippen molar-refractivity contribution in [1.82, 2.24) is 4.90 Å². The second-order valence-electron chi connectivity index (χ2n) is 6.94. The predicted octanol–water partition coefficient (Wildman–Crippen LogP) is 3.45. The van der Waals surface area contributed by atoms with Crippen LogP contribution < -0.4 is 24.3 Å². The van der Waals surface area contributed by atoms with E-state index in [0.717, 1.165) is 0 Å². The highest BCUT2D eigenvalue weighted by molar-refractivity contribution is 6.09. The van der Waals surface area contributed by atoms with Gasteiger partial charge in [-0.1, -0.05) is 0 Å². The van der Waals surface area contributed by atoms with Crippen molar-refractivity contribution in [3.05, 3.63) is 41.5 Å². The molecule has 0 radical (unpaired) electrons. The third-order valence-electron chi connectivity index (χ3n) is 4.20. The zero-order valence-corrected chi connectivity index (χ0v) is 18.4. The van der Waals surface area contributed by atoms with Crippen LogP contribution in [0.5, 0.6) is 23.0 Å². The number of methoxy groups -OCH3 is 3. The van der Waals surface area contributed by atoms with Gasteiger partial charge in [-0.05, 0) is 38.1 Å². The molecule has 0 bridgehead atoms. The average Bonchev–Trinajstić information content (AvgIpc) is 2.72. The van der Waals surface area contributed by atoms with E-state index in [1.165, 1.54) is 32.3 Å². The van der Waals surface area contributed by atoms with Crippen molar-refractivity contribution in [3.8, 4) is 23.0 Å². The molecule has 30 heavy (non-hydrogen) atoms. The predicted molar refractivity (Wildman–Crippen MR) is 114 cm³/mol. The maximum Gasteiger partial charge on any atom is 0.255 e. The van der Waals surface area contributed by atoms with Crippen molar-refractivity contribution < 1.29 is 28.5 Å². The van der Waals surface area contributed by atoms with Gasteiger partial charge in [0, 0.05) is 25.7 Å². The van der Waals surface area contributed by atoms with Gasteiger partial charge in [0.2, 0.25) is 0 Å². The van der Waals surface area contributed by atoms with Gasteiger partial charge >= 0.3 is 0 Å². The number of nitrogens with zero attached hydrogens (tertiary/aromatic N) is 1. The van der Waals surface area contributed by atoms with Crippen LogP contribution in [0.4, 0.5) is 5.69 Å². The van der Waals surface area contributed by atoms with Crippen molar-refractivity contribution in [3.63, 3.8) is 0 Å². The van der Waals surface area contributed by atoms with E-state index in [1.54, 1.807) is 38.4 Å². The number of hydrogen-bond donors (Lipinski definition) is 1. The molecule has 0 aliphatic carbocycles. The number of carbonyl (C=O) groups is 2. The van der Waals surface area contributed by atoms with Crippen LogP contribution in [0, 0.1) is 0 Å². The zero-order valence-electron chi connectivity index (χ0n) is 18.4. The summed E-state index contributed by atoms with van der Waals surface area (Å²) in [6.45, 7) is 3.81. The van der Waals surface area contributed by atoms with Gasteiger partial charge in [-0.2, -0.15) is 0 Å². The van der Waals surface area contributed by atoms with Crippen LogP contribution in [0.3, 0.4) is 0 Å². The molecular formula is C22H28N2O6. The molecule has 8 heteroatoms. The molecule has 0 atom stereocenters. The quantitative estimate of drug-likeness (QED) is 0.709. The molecule has 0 saturated heterocycles. The van der Waals surface area contributed by atoms with Crippen molar-refractivity contribution in [1.29, 1.82) is 0 Å². The first-order valence-electron chi connectivity index (χ1n) is 9.35. The SMILES string of the molecule is COc1cc(NC(=O)c2ccc(OC(C)C)c(OC)c2)c(C(=O)N(C)C)cc1OC. The zero-order chi connectivity index (χ0) is 22.4. The summed E-state index contributed by atoms with van der Waals surface area (Å²) in [7, 11) is 7.72. The molecule has 0 heterocycles. The second kappa shape index (κ2) is 9.87. The summed E-state index contributed by atoms with van der Waals surface area (Å²) >= 11 is 0. The summed E-state index contributed by atoms with van der Waals surface area (Å²) in [5.41, 5.74) is 0.927. The van der Waals surface area contributed by atoms with Crippen LogP contribution in [0.15, 0.2) is 30.3 Å². The van der Waals surface area contributed by atoms with Crippen molar-refractivity contribution >= 4 is 17.5 Å². The van der Waals surface area contributed by atoms with Gasteiger partial charge in [0.05, 0.1) is 38.7 Å². The number of anilines is 1. The van der Waals surface area contributed by atoms with Gasteiger partial charge in [0.1, 0.15) is 0 Å². The Kier molecular flexibility index (Phi) is 7.52. The van der Waals surface area contributed by atoms with Crippen LogP contribution in [0.25, 0.3) is 0 Å². The second-order valence-corrected chi connectivity index (χ2v) is 6.94. The molecule has 0 aromatic heterocycles. The van der Waals surface area contributed by atoms with Gasteiger partial charge < -0.3 is 29.2 Å². The molecular weight excluding hydrogens is 388 g/mol. The molecule has 162 valence electrons. The Hall–Kier alpha value is -3.42. The standard InChI is InChI=1S/C22H28N2O6/c1-13(2)30-17-9-8-14(10-18(17)27-5)21(25)23-16-12-20(29-7)19(28-6)11-15(16)22(26)24(3)4/h8-13H,1-7H3,(H,23,25). The summed E-state index contributed by atoms with van der Waals surface area (Å²) < 4.78 is 21.6. The number of amides is 2. The Morgan fingerprint density at radius 1 is 0.867 bits per heavy atom. The highest BCUT2D eigenvalue weighted by atomic mass is 16.5. The molecule has 0 fully saturated rings. The smallest absolute Gasteiger partial charge is 0.255 e. The number of benzene rings is 2. The van der Waals surface area contributed by atoms with E-state index < -0.39 is 5.91 Å². The Morgan fingerprint density at radius 3 is 1.97 bits per heavy atom. The van der Waals surface area contributed by atoms with Gasteiger partial charge in [-0.25, -0.2) is 0 Å². The number of nitrogens with one attached hydrogen (secondary N) is 1. The number of carbonyl (C=O) groups excluding carboxylic acids is 2. The van der Waals surface area contributed by atoms with E-state index in [0.29, 0.717) is 34.2 Å². The summed E-state index contributed by atoms with van der Waals surface area (Å²) in [6.07, 6.45) is -0.0371. The third-order valence-corrected chi connectivity index (χ3v) is 4.20. The molecule has 1 N–H and O–H groups in total. The monoisotopic (exact) mass is 416 g/mol. The minimum absolute atomic E-state index is 0.0371. The summed E-state index contributed by atoms with van der Waals surface area (Å²) in [5.74, 6) is 1.06. The maximum atomic E-state index is 12.9. The van der Waals surface area contributed by atoms with Crippen LogP contribution >= 0.6 is 0 Å². The minimum Gasteiger partial charge on any atom is -0.493 e. The molecule has 0 aliphatic heterocycles. The first kappa shape index (κ1) is 22.9. The Balaban J connectivity index is 2.43. The molecule has 0 unspecified atom stereocenters. The maximum absolute atomic E-state index is 12.9. The fraction of sp³-hybridized carbons (Fsp3) is 0.364. The molecule has 0 aliphatic rings. The van der Waals surface area contributed by atoms with Gasteiger partial charge in [0.25, 0.3) is 11.8 Å². The summed E-state index contributed by atoms with van der Waals surface area (Å²) in [5, 5.41) is 2.78. The number of hydrogen-bond acceptors (Lipinski definition) is 6. The molecule has 2 aromatic rings. The van der Waals surface area contributed by atoms with Crippen molar-refractivity contribution in [2.75, 3.05) is 40.7 Å². The molecule has 8 nitrogen and oxygen atoms in total. The first-order chi connectivity index (χ1) is 14.2. The molecule has 2 aromatic carbocycles. The lowest BCUT2D eigenvalue weighted by molar-refractivity contribution is 0.0828. The number of ether oxygens (including phenoxy) is 4. The minimum atomic E-state index is -0.413. The number of rotatable bonds is 8. The molecule has 0 saturated carbocycles. The van der Waals surface area contributed by atoms with Crippen molar-refractivity contribution in [2.45, 2.75) is 20.0 Å². The molecule has 2 amide bonds. The topological polar surface area (TPSA) is 86.3 Å². The lowest BCUT2D eigenvalue weighted by atomic mass is 10.1. The first-order valence-corrected chi connectivity index (χ1v) is 9.35. The fourth-order valence-electron chi connectivity index (χ4n) is 2.75. The molecule has 2 rings (SSSR count). The summed E-state index contributed by atoms with van der Waals surface area (Å²) in [6, 6.07) is 7.98. The fourth-order valence-corrected chi connectivity index (χ4v) is 2.75. The lowest BCUT2D eigenvalue weighted by Gasteiger charge is -2.18. The largest absolute Gasteiger partial charge is 0.493 e. The van der Waals surface area contributed by atoms with Crippen LogP contribution in [0.1, 0.15) is 34.6 Å². The average molecular weight is 416 g/mol.